The van der Waals surface area contributed by atoms with Crippen molar-refractivity contribution in [3.8, 4) is 0 Å². The fourth-order valence-corrected chi connectivity index (χ4v) is 0.271. The number of rotatable bonds is 4. The van der Waals surface area contributed by atoms with Gasteiger partial charge in [0, 0.05) is 12.3 Å². The molecule has 6 nitrogen and oxygen atoms in total. The maximum absolute atomic E-state index is 9.74. The molecule has 1 atom stereocenters. The Morgan fingerprint density at radius 1 is 1.50 bits per heavy atom. The van der Waals surface area contributed by atoms with Gasteiger partial charge in [-0.3, -0.25) is 4.79 Å². The van der Waals surface area contributed by atoms with Gasteiger partial charge >= 0.3 is 24.8 Å². The number of hydrogen-bond donors (Lipinski definition) is 4. The smallest absolute Gasteiger partial charge is 0.548 e. The Bertz CT molecular complexity index is 168. The maximum Gasteiger partial charge on any atom is 1.00 e. The minimum Gasteiger partial charge on any atom is -0.548 e. The molecule has 0 rings (SSSR count). The number of carboxylic acids is 2. The quantitative estimate of drug-likeness (QED) is 0.274. The average Bonchev–Trinajstić information content (AvgIpc) is 2.03. The molecule has 0 aromatic rings. The van der Waals surface area contributed by atoms with E-state index in [9.17, 15) is 14.7 Å². The first-order chi connectivity index (χ1) is 5.95. The molecule has 0 bridgehead atoms. The molecule has 0 amide bonds. The monoisotopic (exact) mass is 216 g/mol. The van der Waals surface area contributed by atoms with E-state index in [4.69, 9.17) is 16.6 Å². The molecule has 0 aromatic heterocycles. The normalized spacial score (nSPS) is 10.2. The van der Waals surface area contributed by atoms with Gasteiger partial charge in [-0.05, 0) is 0 Å². The summed E-state index contributed by atoms with van der Waals surface area (Å²) in [7, 11) is 0. The summed E-state index contributed by atoms with van der Waals surface area (Å²) in [5.74, 6) is -2.00. The Balaban J connectivity index is -0.000000209. The van der Waals surface area contributed by atoms with Crippen LogP contribution in [0, 0.1) is 0 Å². The molecule has 0 aliphatic carbocycles. The zero-order valence-electron chi connectivity index (χ0n) is 7.97. The first kappa shape index (κ1) is 19.4. The first-order valence-corrected chi connectivity index (χ1v) is 4.08. The van der Waals surface area contributed by atoms with Crippen molar-refractivity contribution in [1.29, 1.82) is 0 Å². The van der Waals surface area contributed by atoms with Gasteiger partial charge in [0.2, 0.25) is 0 Å². The summed E-state index contributed by atoms with van der Waals surface area (Å²) in [5, 5.41) is 17.7. The molecule has 5 N–H and O–H groups in total. The maximum atomic E-state index is 9.74. The Morgan fingerprint density at radius 3 is 1.93 bits per heavy atom. The van der Waals surface area contributed by atoms with Gasteiger partial charge in [-0.1, -0.05) is 0 Å². The fourth-order valence-electron chi connectivity index (χ4n) is 0.271. The molecule has 0 aliphatic rings. The van der Waals surface area contributed by atoms with Gasteiger partial charge in [0.25, 0.3) is 0 Å². The molecule has 0 saturated carbocycles. The second kappa shape index (κ2) is 12.8. The number of carboxylic acid groups (broad SMARTS) is 2. The van der Waals surface area contributed by atoms with E-state index in [-0.39, 0.29) is 18.9 Å². The number of thiol groups is 1. The molecule has 1 unspecified atom stereocenters. The van der Waals surface area contributed by atoms with Crippen LogP contribution in [0.1, 0.15) is 6.42 Å². The average molecular weight is 216 g/mol. The van der Waals surface area contributed by atoms with Crippen molar-refractivity contribution in [3.05, 3.63) is 0 Å². The summed E-state index contributed by atoms with van der Waals surface area (Å²) in [6, 6.07) is -1.40. The molecule has 0 saturated heterocycles. The molecular formula is C6H13LiN2O4S. The molecule has 0 heterocycles. The summed E-state index contributed by atoms with van der Waals surface area (Å²) >= 11 is 3.80. The van der Waals surface area contributed by atoms with E-state index in [2.05, 4.69) is 12.6 Å². The van der Waals surface area contributed by atoms with Crippen molar-refractivity contribution in [2.24, 2.45) is 11.5 Å². The van der Waals surface area contributed by atoms with E-state index in [0.29, 0.717) is 6.54 Å². The van der Waals surface area contributed by atoms with Crippen molar-refractivity contribution in [2.75, 3.05) is 12.3 Å². The SMILES string of the molecule is NC(CC(=O)O)C(=O)[O-].NCCS.[Li+]. The molecule has 78 valence electrons. The second-order valence-corrected chi connectivity index (χ2v) is 2.48. The summed E-state index contributed by atoms with van der Waals surface area (Å²) in [6.07, 6.45) is -0.595. The summed E-state index contributed by atoms with van der Waals surface area (Å²) in [4.78, 5) is 19.5. The zero-order valence-corrected chi connectivity index (χ0v) is 8.87. The van der Waals surface area contributed by atoms with Gasteiger partial charge in [0.1, 0.15) is 0 Å². The number of carbonyl (C=O) groups excluding carboxylic acids is 1. The Morgan fingerprint density at radius 2 is 1.86 bits per heavy atom. The molecule has 0 aliphatic heterocycles. The van der Waals surface area contributed by atoms with Gasteiger partial charge in [0.05, 0.1) is 18.4 Å². The molecule has 0 spiro atoms. The third kappa shape index (κ3) is 17.8. The second-order valence-electron chi connectivity index (χ2n) is 2.04. The predicted octanol–water partition coefficient (Wildman–Crippen LogP) is -5.58. The van der Waals surface area contributed by atoms with Crippen LogP contribution in [0.3, 0.4) is 0 Å². The third-order valence-corrected chi connectivity index (χ3v) is 1.08. The van der Waals surface area contributed by atoms with Crippen molar-refractivity contribution < 1.29 is 38.7 Å². The van der Waals surface area contributed by atoms with Gasteiger partial charge in [0.15, 0.2) is 0 Å². The van der Waals surface area contributed by atoms with Crippen LogP contribution in [0.25, 0.3) is 0 Å². The molecule has 0 radical (unpaired) electrons. The van der Waals surface area contributed by atoms with Crippen molar-refractivity contribution in [2.45, 2.75) is 12.5 Å². The van der Waals surface area contributed by atoms with Crippen LogP contribution in [0.15, 0.2) is 0 Å². The first-order valence-electron chi connectivity index (χ1n) is 3.44. The minimum absolute atomic E-state index is 0. The topological polar surface area (TPSA) is 129 Å². The van der Waals surface area contributed by atoms with Crippen LogP contribution in [-0.2, 0) is 9.59 Å². The number of carbonyl (C=O) groups is 2. The predicted molar refractivity (Wildman–Crippen MR) is 48.1 cm³/mol. The van der Waals surface area contributed by atoms with Crippen LogP contribution in [-0.4, -0.2) is 35.4 Å². The zero-order chi connectivity index (χ0) is 10.9. The van der Waals surface area contributed by atoms with E-state index in [1.165, 1.54) is 0 Å². The summed E-state index contributed by atoms with van der Waals surface area (Å²) in [5.41, 5.74) is 9.73. The summed E-state index contributed by atoms with van der Waals surface area (Å²) in [6.45, 7) is 0.684. The van der Waals surface area contributed by atoms with Crippen molar-refractivity contribution >= 4 is 24.6 Å². The molecule has 0 aromatic carbocycles. The Hall–Kier alpha value is -0.193. The van der Waals surface area contributed by atoms with Crippen molar-refractivity contribution in [3.63, 3.8) is 0 Å². The van der Waals surface area contributed by atoms with Crippen LogP contribution in [0.4, 0.5) is 0 Å². The number of hydrogen-bond acceptors (Lipinski definition) is 6. The van der Waals surface area contributed by atoms with E-state index < -0.39 is 24.4 Å². The van der Waals surface area contributed by atoms with Crippen LogP contribution in [0.5, 0.6) is 0 Å². The van der Waals surface area contributed by atoms with Crippen LogP contribution >= 0.6 is 12.6 Å². The minimum atomic E-state index is -1.54. The van der Waals surface area contributed by atoms with Gasteiger partial charge < -0.3 is 26.5 Å². The standard InChI is InChI=1S/C4H7NO4.C2H7NS.Li/c5-2(4(8)9)1-3(6)7;3-1-2-4;/h2H,1,5H2,(H,6,7)(H,8,9);4H,1-3H2;/q;;+1/p-1. The van der Waals surface area contributed by atoms with E-state index in [1.807, 2.05) is 0 Å². The van der Waals surface area contributed by atoms with Crippen LogP contribution < -0.4 is 35.4 Å². The van der Waals surface area contributed by atoms with Gasteiger partial charge in [-0.25, -0.2) is 0 Å². The van der Waals surface area contributed by atoms with E-state index in [1.54, 1.807) is 0 Å². The largest absolute Gasteiger partial charge is 1.00 e. The van der Waals surface area contributed by atoms with Crippen molar-refractivity contribution in [1.82, 2.24) is 0 Å². The fraction of sp³-hybridized carbons (Fsp3) is 0.667. The van der Waals surface area contributed by atoms with Gasteiger partial charge in [-0.15, -0.1) is 0 Å². The number of aliphatic carboxylic acids is 2. The van der Waals surface area contributed by atoms with Gasteiger partial charge in [-0.2, -0.15) is 12.6 Å². The summed E-state index contributed by atoms with van der Waals surface area (Å²) < 4.78 is 0. The van der Waals surface area contributed by atoms with E-state index >= 15 is 0 Å². The molecule has 0 fully saturated rings. The number of nitrogens with two attached hydrogens (primary N) is 2. The Kier molecular flexibility index (Phi) is 17.7. The third-order valence-electron chi connectivity index (χ3n) is 0.826. The van der Waals surface area contributed by atoms with E-state index in [0.717, 1.165) is 5.75 Å². The molecule has 14 heavy (non-hydrogen) atoms. The molecule has 8 heteroatoms. The Labute approximate surface area is 99.6 Å². The van der Waals surface area contributed by atoms with Crippen LogP contribution in [0.2, 0.25) is 0 Å². The molecular weight excluding hydrogens is 203 g/mol.